The van der Waals surface area contributed by atoms with Crippen molar-refractivity contribution in [3.05, 3.63) is 90.0 Å². The average Bonchev–Trinajstić information content (AvgIpc) is 3.17. The summed E-state index contributed by atoms with van der Waals surface area (Å²) in [5, 5.41) is 0. The molecule has 1 saturated heterocycles. The molecule has 0 spiro atoms. The molecule has 7 heteroatoms. The van der Waals surface area contributed by atoms with Crippen molar-refractivity contribution in [2.24, 2.45) is 0 Å². The maximum Gasteiger partial charge on any atom is 0.261 e. The van der Waals surface area contributed by atoms with Crippen LogP contribution >= 0.6 is 0 Å². The Balaban J connectivity index is 1.56. The highest BCUT2D eigenvalue weighted by molar-refractivity contribution is 6.23. The summed E-state index contributed by atoms with van der Waals surface area (Å²) in [5.74, 6) is 0.0606. The minimum atomic E-state index is -0.915. The maximum atomic E-state index is 13.4. The predicted octanol–water partition coefficient (Wildman–Crippen LogP) is 4.13. The van der Waals surface area contributed by atoms with Crippen molar-refractivity contribution in [2.75, 3.05) is 18.1 Å². The van der Waals surface area contributed by atoms with Gasteiger partial charge in [0, 0.05) is 6.54 Å². The van der Waals surface area contributed by atoms with E-state index in [4.69, 9.17) is 9.47 Å². The molecule has 0 saturated carbocycles. The fourth-order valence-electron chi connectivity index (χ4n) is 4.00. The lowest BCUT2D eigenvalue weighted by molar-refractivity contribution is -0.140. The van der Waals surface area contributed by atoms with Crippen LogP contribution in [0.1, 0.15) is 24.5 Å². The first-order valence-corrected chi connectivity index (χ1v) is 11.6. The number of benzene rings is 3. The second-order valence-corrected chi connectivity index (χ2v) is 8.32. The van der Waals surface area contributed by atoms with Gasteiger partial charge >= 0.3 is 0 Å². The number of carbonyl (C=O) groups excluding carboxylic acids is 3. The van der Waals surface area contributed by atoms with Crippen LogP contribution in [0.5, 0.6) is 11.5 Å². The number of hydrogen-bond donors (Lipinski definition) is 0. The third-order valence-electron chi connectivity index (χ3n) is 5.80. The summed E-state index contributed by atoms with van der Waals surface area (Å²) in [4.78, 5) is 42.2. The molecule has 0 aromatic heterocycles. The zero-order chi connectivity index (χ0) is 24.8. The van der Waals surface area contributed by atoms with E-state index in [0.717, 1.165) is 16.0 Å². The molecule has 1 heterocycles. The van der Waals surface area contributed by atoms with Gasteiger partial charge in [-0.15, -0.1) is 0 Å². The number of nitrogens with zero attached hydrogens (tertiary/aromatic N) is 2. The third kappa shape index (κ3) is 5.69. The van der Waals surface area contributed by atoms with Gasteiger partial charge in [-0.1, -0.05) is 48.0 Å². The van der Waals surface area contributed by atoms with Crippen LogP contribution < -0.4 is 14.4 Å². The van der Waals surface area contributed by atoms with Crippen LogP contribution in [-0.4, -0.2) is 41.9 Å². The third-order valence-corrected chi connectivity index (χ3v) is 5.80. The van der Waals surface area contributed by atoms with Gasteiger partial charge in [-0.05, 0) is 55.8 Å². The van der Waals surface area contributed by atoms with Gasteiger partial charge in [0.05, 0.1) is 18.7 Å². The number of carbonyl (C=O) groups is 3. The molecule has 1 aliphatic heterocycles. The Labute approximate surface area is 204 Å². The van der Waals surface area contributed by atoms with Gasteiger partial charge in [-0.25, -0.2) is 4.90 Å². The lowest BCUT2D eigenvalue weighted by Gasteiger charge is -2.28. The van der Waals surface area contributed by atoms with Crippen LogP contribution in [0.25, 0.3) is 0 Å². The van der Waals surface area contributed by atoms with Crippen LogP contribution in [0, 0.1) is 6.92 Å². The quantitative estimate of drug-likeness (QED) is 0.438. The van der Waals surface area contributed by atoms with Crippen LogP contribution in [0.2, 0.25) is 0 Å². The molecular formula is C28H28N2O5. The molecule has 3 aromatic carbocycles. The molecule has 3 aromatic rings. The van der Waals surface area contributed by atoms with Gasteiger partial charge in [-0.3, -0.25) is 14.4 Å². The van der Waals surface area contributed by atoms with Gasteiger partial charge in [0.2, 0.25) is 5.91 Å². The number of ether oxygens (including phenoxy) is 2. The molecule has 0 bridgehead atoms. The summed E-state index contributed by atoms with van der Waals surface area (Å²) in [7, 11) is 0. The monoisotopic (exact) mass is 472 g/mol. The zero-order valence-electron chi connectivity index (χ0n) is 19.8. The summed E-state index contributed by atoms with van der Waals surface area (Å²) in [6.45, 7) is 4.33. The molecule has 1 fully saturated rings. The van der Waals surface area contributed by atoms with E-state index in [1.165, 1.54) is 4.90 Å². The highest BCUT2D eigenvalue weighted by atomic mass is 16.5. The molecule has 35 heavy (non-hydrogen) atoms. The summed E-state index contributed by atoms with van der Waals surface area (Å²) < 4.78 is 11.1. The summed E-state index contributed by atoms with van der Waals surface area (Å²) >= 11 is 0. The highest BCUT2D eigenvalue weighted by Crippen LogP contribution is 2.28. The van der Waals surface area contributed by atoms with Crippen LogP contribution in [0.4, 0.5) is 5.69 Å². The number of hydrogen-bond acceptors (Lipinski definition) is 5. The molecule has 1 unspecified atom stereocenters. The molecule has 7 nitrogen and oxygen atoms in total. The van der Waals surface area contributed by atoms with E-state index in [0.29, 0.717) is 23.8 Å². The first-order valence-electron chi connectivity index (χ1n) is 11.6. The Morgan fingerprint density at radius 3 is 2.23 bits per heavy atom. The SMILES string of the molecule is CCOc1ccc(N2C(=O)CC(N(Cc3ccc(C)cc3)C(=O)COc3ccccc3)C2=O)cc1. The van der Waals surface area contributed by atoms with E-state index in [9.17, 15) is 14.4 Å². The Morgan fingerprint density at radius 2 is 1.57 bits per heavy atom. The Kier molecular flexibility index (Phi) is 7.45. The minimum Gasteiger partial charge on any atom is -0.494 e. The van der Waals surface area contributed by atoms with Crippen LogP contribution in [-0.2, 0) is 20.9 Å². The largest absolute Gasteiger partial charge is 0.494 e. The van der Waals surface area contributed by atoms with Crippen molar-refractivity contribution in [3.63, 3.8) is 0 Å². The Morgan fingerprint density at radius 1 is 0.914 bits per heavy atom. The number of imide groups is 1. The van der Waals surface area contributed by atoms with Gasteiger partial charge < -0.3 is 14.4 Å². The number of amides is 3. The van der Waals surface area contributed by atoms with Gasteiger partial charge in [0.25, 0.3) is 11.8 Å². The molecule has 4 rings (SSSR count). The lowest BCUT2D eigenvalue weighted by atomic mass is 10.1. The normalized spacial score (nSPS) is 15.3. The van der Waals surface area contributed by atoms with Gasteiger partial charge in [0.15, 0.2) is 6.61 Å². The smallest absolute Gasteiger partial charge is 0.261 e. The van der Waals surface area contributed by atoms with E-state index in [2.05, 4.69) is 0 Å². The summed E-state index contributed by atoms with van der Waals surface area (Å²) in [6, 6.07) is 22.6. The van der Waals surface area contributed by atoms with E-state index < -0.39 is 11.9 Å². The second kappa shape index (κ2) is 10.9. The van der Waals surface area contributed by atoms with Crippen molar-refractivity contribution in [2.45, 2.75) is 32.9 Å². The van der Waals surface area contributed by atoms with E-state index in [1.54, 1.807) is 36.4 Å². The summed E-state index contributed by atoms with van der Waals surface area (Å²) in [5.41, 5.74) is 2.41. The van der Waals surface area contributed by atoms with Crippen LogP contribution in [0.15, 0.2) is 78.9 Å². The zero-order valence-corrected chi connectivity index (χ0v) is 19.8. The fraction of sp³-hybridized carbons (Fsp3) is 0.250. The fourth-order valence-corrected chi connectivity index (χ4v) is 4.00. The van der Waals surface area contributed by atoms with Gasteiger partial charge in [-0.2, -0.15) is 0 Å². The topological polar surface area (TPSA) is 76.2 Å². The first kappa shape index (κ1) is 24.0. The van der Waals surface area contributed by atoms with Gasteiger partial charge in [0.1, 0.15) is 17.5 Å². The predicted molar refractivity (Wildman–Crippen MR) is 132 cm³/mol. The van der Waals surface area contributed by atoms with E-state index >= 15 is 0 Å². The molecule has 1 atom stereocenters. The molecule has 0 radical (unpaired) electrons. The second-order valence-electron chi connectivity index (χ2n) is 8.32. The van der Waals surface area contributed by atoms with Crippen molar-refractivity contribution in [1.82, 2.24) is 4.90 Å². The van der Waals surface area contributed by atoms with E-state index in [-0.39, 0.29) is 31.4 Å². The minimum absolute atomic E-state index is 0.0883. The standard InChI is InChI=1S/C28H28N2O5/c1-3-34-24-15-13-22(14-16-24)30-26(31)17-25(28(30)33)29(18-21-11-9-20(2)10-12-21)27(32)19-35-23-7-5-4-6-8-23/h4-16,25H,3,17-19H2,1-2H3. The molecule has 1 aliphatic rings. The summed E-state index contributed by atoms with van der Waals surface area (Å²) in [6.07, 6.45) is -0.0883. The molecule has 180 valence electrons. The van der Waals surface area contributed by atoms with Crippen molar-refractivity contribution >= 4 is 23.4 Å². The van der Waals surface area contributed by atoms with Crippen molar-refractivity contribution in [3.8, 4) is 11.5 Å². The number of rotatable bonds is 9. The lowest BCUT2D eigenvalue weighted by Crippen LogP contribution is -2.46. The Bertz CT molecular complexity index is 1180. The number of anilines is 1. The maximum absolute atomic E-state index is 13.4. The van der Waals surface area contributed by atoms with Crippen LogP contribution in [0.3, 0.4) is 0 Å². The van der Waals surface area contributed by atoms with Crippen molar-refractivity contribution < 1.29 is 23.9 Å². The average molecular weight is 473 g/mol. The molecule has 3 amide bonds. The number of para-hydroxylation sites is 1. The highest BCUT2D eigenvalue weighted by Gasteiger charge is 2.44. The first-order chi connectivity index (χ1) is 17.0. The molecule has 0 aliphatic carbocycles. The van der Waals surface area contributed by atoms with Crippen molar-refractivity contribution in [1.29, 1.82) is 0 Å². The Hall–Kier alpha value is -4.13. The number of aryl methyl sites for hydroxylation is 1. The molecular weight excluding hydrogens is 444 g/mol. The van der Waals surface area contributed by atoms with E-state index in [1.807, 2.05) is 56.3 Å². The molecule has 0 N–H and O–H groups in total.